The summed E-state index contributed by atoms with van der Waals surface area (Å²) in [5.41, 5.74) is 2.02. The Balaban J connectivity index is 1.66. The second-order valence-electron chi connectivity index (χ2n) is 6.61. The molecule has 1 unspecified atom stereocenters. The average Bonchev–Trinajstić information content (AvgIpc) is 3.12. The fourth-order valence-electron chi connectivity index (χ4n) is 3.47. The van der Waals surface area contributed by atoms with Crippen molar-refractivity contribution >= 4 is 11.6 Å². The molecule has 1 N–H and O–H groups in total. The average molecular weight is 320 g/mol. The highest BCUT2D eigenvalue weighted by Crippen LogP contribution is 2.39. The Morgan fingerprint density at radius 2 is 2.30 bits per heavy atom. The molecule has 1 fully saturated rings. The highest BCUT2D eigenvalue weighted by Gasteiger charge is 2.31. The topological polar surface area (TPSA) is 41.6 Å². The van der Waals surface area contributed by atoms with Crippen molar-refractivity contribution in [3.8, 4) is 5.75 Å². The number of ether oxygens (including phenoxy) is 1. The number of halogens is 1. The lowest BCUT2D eigenvalue weighted by molar-refractivity contribution is -0.121. The molecule has 0 bridgehead atoms. The fraction of sp³-hybridized carbons (Fsp3) is 0.611. The molecular weight excluding hydrogens is 295 g/mol. The van der Waals surface area contributed by atoms with Gasteiger partial charge in [-0.1, -0.05) is 13.3 Å². The highest BCUT2D eigenvalue weighted by atomic mass is 19.1. The van der Waals surface area contributed by atoms with Crippen molar-refractivity contribution < 1.29 is 13.9 Å². The van der Waals surface area contributed by atoms with Crippen LogP contribution in [0.5, 0.6) is 5.75 Å². The molecule has 5 heteroatoms. The van der Waals surface area contributed by atoms with Gasteiger partial charge in [0.25, 0.3) is 0 Å². The smallest absolute Gasteiger partial charge is 0.220 e. The number of carbonyl (C=O) groups excluding carboxylic acids is 1. The van der Waals surface area contributed by atoms with E-state index < -0.39 is 0 Å². The Labute approximate surface area is 137 Å². The lowest BCUT2D eigenvalue weighted by atomic mass is 10.1. The van der Waals surface area contributed by atoms with E-state index in [1.807, 2.05) is 13.0 Å². The van der Waals surface area contributed by atoms with Crippen LogP contribution in [0.3, 0.4) is 0 Å². The van der Waals surface area contributed by atoms with Crippen LogP contribution in [0.4, 0.5) is 10.1 Å². The number of fused-ring (bicyclic) bond motifs is 1. The zero-order valence-corrected chi connectivity index (χ0v) is 13.9. The van der Waals surface area contributed by atoms with Crippen molar-refractivity contribution in [3.05, 3.63) is 23.5 Å². The number of benzene rings is 1. The van der Waals surface area contributed by atoms with E-state index >= 15 is 0 Å². The van der Waals surface area contributed by atoms with Crippen LogP contribution in [0.25, 0.3) is 0 Å². The number of hydrogen-bond donors (Lipinski definition) is 1. The van der Waals surface area contributed by atoms with E-state index in [-0.39, 0.29) is 23.9 Å². The summed E-state index contributed by atoms with van der Waals surface area (Å²) < 4.78 is 19.5. The second kappa shape index (κ2) is 6.77. The maximum Gasteiger partial charge on any atom is 0.220 e. The van der Waals surface area contributed by atoms with Crippen molar-refractivity contribution in [2.75, 3.05) is 18.0 Å². The Morgan fingerprint density at radius 3 is 3.09 bits per heavy atom. The molecule has 1 aromatic rings. The first-order valence-electron chi connectivity index (χ1n) is 8.60. The van der Waals surface area contributed by atoms with Gasteiger partial charge in [-0.25, -0.2) is 4.39 Å². The molecule has 23 heavy (non-hydrogen) atoms. The summed E-state index contributed by atoms with van der Waals surface area (Å²) in [4.78, 5) is 14.1. The van der Waals surface area contributed by atoms with Crippen molar-refractivity contribution in [1.82, 2.24) is 5.32 Å². The Bertz CT molecular complexity index is 591. The first-order chi connectivity index (χ1) is 11.1. The molecule has 0 spiro atoms. The molecule has 0 aliphatic carbocycles. The summed E-state index contributed by atoms with van der Waals surface area (Å²) >= 11 is 0. The molecule has 0 saturated carbocycles. The minimum absolute atomic E-state index is 0.0211. The molecule has 126 valence electrons. The number of rotatable bonds is 5. The van der Waals surface area contributed by atoms with Crippen LogP contribution in [-0.4, -0.2) is 31.1 Å². The number of unbranched alkanes of at least 4 members (excludes halogenated alkanes) is 1. The van der Waals surface area contributed by atoms with Crippen LogP contribution >= 0.6 is 0 Å². The third-order valence-electron chi connectivity index (χ3n) is 4.65. The highest BCUT2D eigenvalue weighted by molar-refractivity contribution is 5.76. The predicted molar refractivity (Wildman–Crippen MR) is 88.5 cm³/mol. The van der Waals surface area contributed by atoms with Crippen molar-refractivity contribution in [2.24, 2.45) is 0 Å². The SMILES string of the molecule is CCCCC(=O)N[C@H]1CCN(c2ccc(F)c3c2CC(C)O3)C1. The third kappa shape index (κ3) is 3.43. The molecule has 2 heterocycles. The van der Waals surface area contributed by atoms with Gasteiger partial charge in [-0.05, 0) is 31.9 Å². The number of carbonyl (C=O) groups is 1. The summed E-state index contributed by atoms with van der Waals surface area (Å²) in [5, 5.41) is 3.12. The molecule has 1 saturated heterocycles. The number of nitrogens with zero attached hydrogens (tertiary/aromatic N) is 1. The molecular formula is C18H25FN2O2. The summed E-state index contributed by atoms with van der Waals surface area (Å²) in [6, 6.07) is 3.51. The molecule has 3 rings (SSSR count). The maximum absolute atomic E-state index is 13.9. The Hall–Kier alpha value is -1.78. The van der Waals surface area contributed by atoms with Crippen LogP contribution in [0, 0.1) is 5.82 Å². The number of nitrogens with one attached hydrogen (secondary N) is 1. The van der Waals surface area contributed by atoms with Gasteiger partial charge >= 0.3 is 0 Å². The van der Waals surface area contributed by atoms with E-state index in [4.69, 9.17) is 4.74 Å². The Morgan fingerprint density at radius 1 is 1.48 bits per heavy atom. The number of hydrogen-bond acceptors (Lipinski definition) is 3. The Kier molecular flexibility index (Phi) is 4.74. The standard InChI is InChI=1S/C18H25FN2O2/c1-3-4-5-17(22)20-13-8-9-21(11-13)16-7-6-15(19)18-14(16)10-12(2)23-18/h6-7,12-13H,3-5,8-11H2,1-2H3,(H,20,22)/t12?,13-/m0/s1. The summed E-state index contributed by atoms with van der Waals surface area (Å²) in [6.45, 7) is 5.71. The van der Waals surface area contributed by atoms with Gasteiger partial charge in [0.15, 0.2) is 11.6 Å². The largest absolute Gasteiger partial charge is 0.487 e. The predicted octanol–water partition coefficient (Wildman–Crippen LogP) is 3.03. The first kappa shape index (κ1) is 16.1. The number of anilines is 1. The van der Waals surface area contributed by atoms with Crippen molar-refractivity contribution in [2.45, 2.75) is 58.1 Å². The summed E-state index contributed by atoms with van der Waals surface area (Å²) in [5.74, 6) is 0.266. The normalized spacial score (nSPS) is 22.8. The van der Waals surface area contributed by atoms with Gasteiger partial charge in [0.2, 0.25) is 5.91 Å². The van der Waals surface area contributed by atoms with Crippen LogP contribution in [0.1, 0.15) is 45.1 Å². The van der Waals surface area contributed by atoms with E-state index in [0.29, 0.717) is 12.2 Å². The van der Waals surface area contributed by atoms with Gasteiger partial charge in [0.1, 0.15) is 6.10 Å². The third-order valence-corrected chi connectivity index (χ3v) is 4.65. The van der Waals surface area contributed by atoms with E-state index in [2.05, 4.69) is 17.1 Å². The summed E-state index contributed by atoms with van der Waals surface area (Å²) in [7, 11) is 0. The molecule has 1 aromatic carbocycles. The molecule has 0 radical (unpaired) electrons. The molecule has 2 aliphatic rings. The minimum Gasteiger partial charge on any atom is -0.487 e. The van der Waals surface area contributed by atoms with Gasteiger partial charge in [-0.2, -0.15) is 0 Å². The van der Waals surface area contributed by atoms with Crippen molar-refractivity contribution in [3.63, 3.8) is 0 Å². The van der Waals surface area contributed by atoms with E-state index in [1.165, 1.54) is 6.07 Å². The van der Waals surface area contributed by atoms with Crippen LogP contribution in [-0.2, 0) is 11.2 Å². The zero-order valence-electron chi connectivity index (χ0n) is 13.9. The molecule has 2 atom stereocenters. The lowest BCUT2D eigenvalue weighted by Gasteiger charge is -2.21. The molecule has 2 aliphatic heterocycles. The lowest BCUT2D eigenvalue weighted by Crippen LogP contribution is -2.37. The van der Waals surface area contributed by atoms with Gasteiger partial charge in [0, 0.05) is 43.2 Å². The van der Waals surface area contributed by atoms with E-state index in [0.717, 1.165) is 50.0 Å². The van der Waals surface area contributed by atoms with Gasteiger partial charge in [0.05, 0.1) is 0 Å². The quantitative estimate of drug-likeness (QED) is 0.907. The van der Waals surface area contributed by atoms with Gasteiger partial charge < -0.3 is 15.0 Å². The first-order valence-corrected chi connectivity index (χ1v) is 8.60. The number of amides is 1. The minimum atomic E-state index is -0.281. The van der Waals surface area contributed by atoms with Crippen LogP contribution in [0.15, 0.2) is 12.1 Å². The summed E-state index contributed by atoms with van der Waals surface area (Å²) in [6.07, 6.45) is 4.26. The maximum atomic E-state index is 13.9. The zero-order chi connectivity index (χ0) is 16.4. The molecule has 1 amide bonds. The van der Waals surface area contributed by atoms with Gasteiger partial charge in [-0.15, -0.1) is 0 Å². The molecule has 4 nitrogen and oxygen atoms in total. The van der Waals surface area contributed by atoms with E-state index in [1.54, 1.807) is 0 Å². The van der Waals surface area contributed by atoms with Crippen LogP contribution < -0.4 is 15.0 Å². The second-order valence-corrected chi connectivity index (χ2v) is 6.61. The fourth-order valence-corrected chi connectivity index (χ4v) is 3.47. The monoisotopic (exact) mass is 320 g/mol. The van der Waals surface area contributed by atoms with Crippen LogP contribution in [0.2, 0.25) is 0 Å². The van der Waals surface area contributed by atoms with E-state index in [9.17, 15) is 9.18 Å². The van der Waals surface area contributed by atoms with Gasteiger partial charge in [-0.3, -0.25) is 4.79 Å². The molecule has 0 aromatic heterocycles. The van der Waals surface area contributed by atoms with Crippen molar-refractivity contribution in [1.29, 1.82) is 0 Å².